The summed E-state index contributed by atoms with van der Waals surface area (Å²) in [5, 5.41) is 7.96. The summed E-state index contributed by atoms with van der Waals surface area (Å²) in [6.07, 6.45) is 0. The van der Waals surface area contributed by atoms with Gasteiger partial charge in [0.15, 0.2) is 0 Å². The van der Waals surface area contributed by atoms with Crippen molar-refractivity contribution < 1.29 is 0 Å². The smallest absolute Gasteiger partial charge is 0.0728 e. The number of benzene rings is 7. The Bertz CT molecular complexity index is 2660. The first-order valence-electron chi connectivity index (χ1n) is 15.4. The van der Waals surface area contributed by atoms with Gasteiger partial charge >= 0.3 is 0 Å². The third-order valence-corrected chi connectivity index (χ3v) is 10.4. The minimum Gasteiger partial charge on any atom is -0.310 e. The Balaban J connectivity index is 1.22. The molecule has 3 heteroatoms. The van der Waals surface area contributed by atoms with E-state index in [1.54, 1.807) is 0 Å². The second-order valence-corrected chi connectivity index (χ2v) is 12.8. The normalized spacial score (nSPS) is 12.0. The fourth-order valence-electron chi connectivity index (χ4n) is 7.34. The molecule has 0 saturated carbocycles. The van der Waals surface area contributed by atoms with E-state index in [1.165, 1.54) is 69.4 Å². The zero-order valence-corrected chi connectivity index (χ0v) is 25.1. The van der Waals surface area contributed by atoms with Crippen LogP contribution in [0.4, 0.5) is 17.1 Å². The Hall–Kier alpha value is -5.64. The van der Waals surface area contributed by atoms with E-state index >= 15 is 0 Å². The van der Waals surface area contributed by atoms with Crippen molar-refractivity contribution in [2.75, 3.05) is 4.90 Å². The highest BCUT2D eigenvalue weighted by Gasteiger charge is 2.23. The third-order valence-electron chi connectivity index (χ3n) is 9.26. The molecule has 0 aliphatic heterocycles. The highest BCUT2D eigenvalue weighted by molar-refractivity contribution is 7.26. The molecule has 0 bridgehead atoms. The first kappa shape index (κ1) is 24.8. The Labute approximate surface area is 264 Å². The molecule has 0 amide bonds. The van der Waals surface area contributed by atoms with Gasteiger partial charge in [0.05, 0.1) is 21.3 Å². The van der Waals surface area contributed by atoms with Gasteiger partial charge in [0, 0.05) is 43.3 Å². The van der Waals surface area contributed by atoms with Crippen LogP contribution in [0.15, 0.2) is 158 Å². The summed E-state index contributed by atoms with van der Waals surface area (Å²) < 4.78 is 5.22. The molecule has 45 heavy (non-hydrogen) atoms. The lowest BCUT2D eigenvalue weighted by Gasteiger charge is -2.25. The number of hydrogen-bond acceptors (Lipinski definition) is 2. The minimum absolute atomic E-state index is 1.14. The van der Waals surface area contributed by atoms with E-state index in [0.717, 1.165) is 17.1 Å². The molecular weight excluding hydrogens is 565 g/mol. The van der Waals surface area contributed by atoms with Crippen LogP contribution in [0.1, 0.15) is 0 Å². The molecule has 0 fully saturated rings. The number of anilines is 3. The van der Waals surface area contributed by atoms with Crippen LogP contribution in [0.2, 0.25) is 0 Å². The summed E-state index contributed by atoms with van der Waals surface area (Å²) in [5.74, 6) is 0. The maximum absolute atomic E-state index is 2.54. The molecule has 0 unspecified atom stereocenters. The molecule has 2 nitrogen and oxygen atoms in total. The molecule has 210 valence electrons. The van der Waals surface area contributed by atoms with E-state index in [-0.39, 0.29) is 0 Å². The van der Waals surface area contributed by atoms with Gasteiger partial charge < -0.3 is 9.30 Å². The summed E-state index contributed by atoms with van der Waals surface area (Å²) in [5.41, 5.74) is 9.78. The number of rotatable bonds is 4. The predicted octanol–water partition coefficient (Wildman–Crippen LogP) is 12.3. The van der Waals surface area contributed by atoms with Crippen molar-refractivity contribution in [3.63, 3.8) is 0 Å². The third kappa shape index (κ3) is 3.56. The van der Waals surface area contributed by atoms with Gasteiger partial charge in [0.2, 0.25) is 0 Å². The van der Waals surface area contributed by atoms with Gasteiger partial charge in [-0.3, -0.25) is 0 Å². The van der Waals surface area contributed by atoms with E-state index in [9.17, 15) is 0 Å². The summed E-state index contributed by atoms with van der Waals surface area (Å²) in [7, 11) is 0. The van der Waals surface area contributed by atoms with Gasteiger partial charge in [0.1, 0.15) is 0 Å². The zero-order valence-electron chi connectivity index (χ0n) is 24.3. The molecule has 0 aliphatic carbocycles. The summed E-state index contributed by atoms with van der Waals surface area (Å²) in [6, 6.07) is 57.3. The molecule has 10 aromatic rings. The van der Waals surface area contributed by atoms with Gasteiger partial charge in [-0.1, -0.05) is 97.1 Å². The van der Waals surface area contributed by atoms with Crippen LogP contribution in [0, 0.1) is 0 Å². The Kier molecular flexibility index (Phi) is 5.19. The fourth-order valence-corrected chi connectivity index (χ4v) is 8.53. The average Bonchev–Trinajstić information content (AvgIpc) is 3.75. The lowest BCUT2D eigenvalue weighted by Crippen LogP contribution is -2.09. The Morgan fingerprint density at radius 2 is 1.11 bits per heavy atom. The van der Waals surface area contributed by atoms with E-state index in [0.29, 0.717) is 0 Å². The molecule has 7 aromatic carbocycles. The van der Waals surface area contributed by atoms with Crippen LogP contribution in [-0.4, -0.2) is 4.40 Å². The predicted molar refractivity (Wildman–Crippen MR) is 194 cm³/mol. The van der Waals surface area contributed by atoms with Crippen LogP contribution >= 0.6 is 11.3 Å². The second-order valence-electron chi connectivity index (χ2n) is 11.8. The number of para-hydroxylation sites is 3. The number of hydrogen-bond donors (Lipinski definition) is 0. The standard InChI is InChI=1S/C42H26N2S/c1-3-14-30(15-4-1)43(31-16-5-2-6-17-31)32-18-11-13-27(24-32)28-22-23-38-35(25-28)41-42(45-38)36-26-29-12-7-8-19-33(29)39-34-20-9-10-21-37(34)44(41)40(36)39/h1-26H. The van der Waals surface area contributed by atoms with Crippen molar-refractivity contribution in [1.29, 1.82) is 0 Å². The van der Waals surface area contributed by atoms with Gasteiger partial charge in [-0.2, -0.15) is 0 Å². The molecule has 3 heterocycles. The van der Waals surface area contributed by atoms with Gasteiger partial charge in [-0.15, -0.1) is 11.3 Å². The molecule has 0 radical (unpaired) electrons. The van der Waals surface area contributed by atoms with Gasteiger partial charge in [-0.05, 0) is 82.6 Å². The quantitative estimate of drug-likeness (QED) is 0.198. The second kappa shape index (κ2) is 9.43. The topological polar surface area (TPSA) is 7.65 Å². The van der Waals surface area contributed by atoms with Crippen molar-refractivity contribution >= 4 is 86.7 Å². The lowest BCUT2D eigenvalue weighted by atomic mass is 10.0. The van der Waals surface area contributed by atoms with Crippen LogP contribution in [0.5, 0.6) is 0 Å². The SMILES string of the molecule is c1ccc(N(c2ccccc2)c2cccc(-c3ccc4sc5c6cc7ccccc7c7c8ccccc8n(c5c4c3)c67)c2)cc1. The molecule has 3 aromatic heterocycles. The number of nitrogens with zero attached hydrogens (tertiary/aromatic N) is 2. The van der Waals surface area contributed by atoms with E-state index in [4.69, 9.17) is 0 Å². The lowest BCUT2D eigenvalue weighted by molar-refractivity contribution is 1.28. The van der Waals surface area contributed by atoms with Crippen molar-refractivity contribution in [3.05, 3.63) is 158 Å². The maximum Gasteiger partial charge on any atom is 0.0728 e. The fraction of sp³-hybridized carbons (Fsp3) is 0. The van der Waals surface area contributed by atoms with E-state index < -0.39 is 0 Å². The monoisotopic (exact) mass is 590 g/mol. The first-order valence-corrected chi connectivity index (χ1v) is 16.2. The molecule has 0 aliphatic rings. The van der Waals surface area contributed by atoms with Gasteiger partial charge in [-0.25, -0.2) is 0 Å². The summed E-state index contributed by atoms with van der Waals surface area (Å²) >= 11 is 1.92. The minimum atomic E-state index is 1.14. The Morgan fingerprint density at radius 1 is 0.444 bits per heavy atom. The van der Waals surface area contributed by atoms with Crippen molar-refractivity contribution in [3.8, 4) is 11.1 Å². The zero-order chi connectivity index (χ0) is 29.5. The van der Waals surface area contributed by atoms with Crippen LogP contribution in [-0.2, 0) is 0 Å². The molecule has 10 rings (SSSR count). The average molecular weight is 591 g/mol. The summed E-state index contributed by atoms with van der Waals surface area (Å²) in [4.78, 5) is 2.33. The molecule has 0 atom stereocenters. The van der Waals surface area contributed by atoms with Gasteiger partial charge in [0.25, 0.3) is 0 Å². The highest BCUT2D eigenvalue weighted by atomic mass is 32.1. The Morgan fingerprint density at radius 3 is 1.91 bits per heavy atom. The molecular formula is C42H26N2S. The van der Waals surface area contributed by atoms with E-state index in [2.05, 4.69) is 167 Å². The summed E-state index contributed by atoms with van der Waals surface area (Å²) in [6.45, 7) is 0. The van der Waals surface area contributed by atoms with Crippen LogP contribution in [0.25, 0.3) is 69.4 Å². The van der Waals surface area contributed by atoms with Crippen LogP contribution in [0.3, 0.4) is 0 Å². The van der Waals surface area contributed by atoms with Crippen molar-refractivity contribution in [2.45, 2.75) is 0 Å². The molecule has 0 saturated heterocycles. The first-order chi connectivity index (χ1) is 22.3. The highest BCUT2D eigenvalue weighted by Crippen LogP contribution is 2.48. The largest absolute Gasteiger partial charge is 0.310 e. The number of thiophene rings is 1. The number of fused-ring (bicyclic) bond motifs is 10. The molecule has 0 spiro atoms. The van der Waals surface area contributed by atoms with Crippen LogP contribution < -0.4 is 4.90 Å². The molecule has 0 N–H and O–H groups in total. The van der Waals surface area contributed by atoms with Crippen molar-refractivity contribution in [2.24, 2.45) is 0 Å². The maximum atomic E-state index is 2.54. The van der Waals surface area contributed by atoms with Crippen molar-refractivity contribution in [1.82, 2.24) is 4.40 Å². The number of aromatic nitrogens is 1. The van der Waals surface area contributed by atoms with E-state index in [1.807, 2.05) is 11.3 Å².